The van der Waals surface area contributed by atoms with Crippen LogP contribution in [0.25, 0.3) is 0 Å². The van der Waals surface area contributed by atoms with E-state index in [1.165, 1.54) is 6.26 Å². The van der Waals surface area contributed by atoms with Gasteiger partial charge in [0.1, 0.15) is 5.75 Å². The Morgan fingerprint density at radius 3 is 2.70 bits per heavy atom. The van der Waals surface area contributed by atoms with Crippen LogP contribution >= 0.6 is 0 Å². The molecule has 2 heteroatoms. The third kappa shape index (κ3) is 1.29. The summed E-state index contributed by atoms with van der Waals surface area (Å²) in [5.74, 6) is 0.650. The quantitative estimate of drug-likeness (QED) is 0.495. The predicted octanol–water partition coefficient (Wildman–Crippen LogP) is 1.79. The van der Waals surface area contributed by atoms with Crippen LogP contribution in [0.15, 0.2) is 37.1 Å². The molecule has 0 aliphatic rings. The Bertz CT molecular complexity index is 232. The van der Waals surface area contributed by atoms with E-state index in [2.05, 4.69) is 6.58 Å². The molecule has 52 valence electrons. The van der Waals surface area contributed by atoms with Crippen LogP contribution in [0.2, 0.25) is 0 Å². The van der Waals surface area contributed by atoms with Crippen molar-refractivity contribution in [3.63, 3.8) is 0 Å². The van der Waals surface area contributed by atoms with E-state index in [-0.39, 0.29) is 0 Å². The van der Waals surface area contributed by atoms with Crippen LogP contribution in [0.5, 0.6) is 5.75 Å². The fourth-order valence-corrected chi connectivity index (χ4v) is 0.678. The Kier molecular flexibility index (Phi) is 1.95. The van der Waals surface area contributed by atoms with E-state index in [4.69, 9.17) is 10.5 Å². The Morgan fingerprint density at radius 2 is 2.10 bits per heavy atom. The highest BCUT2D eigenvalue weighted by atomic mass is 16.5. The lowest BCUT2D eigenvalue weighted by atomic mass is 10.3. The zero-order chi connectivity index (χ0) is 7.40. The van der Waals surface area contributed by atoms with Crippen molar-refractivity contribution in [1.29, 1.82) is 0 Å². The number of rotatable bonds is 2. The number of para-hydroxylation sites is 2. The van der Waals surface area contributed by atoms with Crippen LogP contribution in [0.4, 0.5) is 5.69 Å². The fourth-order valence-electron chi connectivity index (χ4n) is 0.678. The van der Waals surface area contributed by atoms with Gasteiger partial charge in [-0.15, -0.1) is 0 Å². The van der Waals surface area contributed by atoms with Gasteiger partial charge in [0.05, 0.1) is 11.9 Å². The van der Waals surface area contributed by atoms with Crippen molar-refractivity contribution in [3.8, 4) is 5.75 Å². The summed E-state index contributed by atoms with van der Waals surface area (Å²) in [4.78, 5) is 0. The van der Waals surface area contributed by atoms with E-state index < -0.39 is 0 Å². The highest BCUT2D eigenvalue weighted by Gasteiger charge is 1.93. The summed E-state index contributed by atoms with van der Waals surface area (Å²) in [5, 5.41) is 0. The molecule has 10 heavy (non-hydrogen) atoms. The molecular formula is C8H9NO. The van der Waals surface area contributed by atoms with Gasteiger partial charge in [-0.25, -0.2) is 0 Å². The van der Waals surface area contributed by atoms with Gasteiger partial charge in [-0.1, -0.05) is 18.7 Å². The van der Waals surface area contributed by atoms with Gasteiger partial charge in [0.15, 0.2) is 0 Å². The van der Waals surface area contributed by atoms with E-state index in [9.17, 15) is 0 Å². The average Bonchev–Trinajstić information content (AvgIpc) is 1.94. The molecule has 0 fully saturated rings. The second kappa shape index (κ2) is 2.92. The van der Waals surface area contributed by atoms with E-state index in [1.54, 1.807) is 12.1 Å². The molecule has 0 saturated carbocycles. The van der Waals surface area contributed by atoms with Gasteiger partial charge >= 0.3 is 0 Å². The molecule has 0 bridgehead atoms. The summed E-state index contributed by atoms with van der Waals surface area (Å²) in [6.07, 6.45) is 1.35. The third-order valence-corrected chi connectivity index (χ3v) is 1.13. The second-order valence-electron chi connectivity index (χ2n) is 1.82. The van der Waals surface area contributed by atoms with Crippen molar-refractivity contribution in [1.82, 2.24) is 0 Å². The molecule has 2 N–H and O–H groups in total. The van der Waals surface area contributed by atoms with Crippen molar-refractivity contribution in [2.75, 3.05) is 5.73 Å². The highest BCUT2D eigenvalue weighted by Crippen LogP contribution is 2.19. The smallest absolute Gasteiger partial charge is 0.149 e. The summed E-state index contributed by atoms with van der Waals surface area (Å²) in [6, 6.07) is 7.27. The lowest BCUT2D eigenvalue weighted by Crippen LogP contribution is -1.89. The summed E-state index contributed by atoms with van der Waals surface area (Å²) in [5.41, 5.74) is 6.16. The van der Waals surface area contributed by atoms with Crippen molar-refractivity contribution in [2.24, 2.45) is 0 Å². The first kappa shape index (κ1) is 6.68. The molecule has 1 rings (SSSR count). The maximum atomic E-state index is 5.53. The fraction of sp³-hybridized carbons (Fsp3) is 0. The third-order valence-electron chi connectivity index (χ3n) is 1.13. The largest absolute Gasteiger partial charge is 0.463 e. The van der Waals surface area contributed by atoms with E-state index in [1.807, 2.05) is 12.1 Å². The number of nitrogens with two attached hydrogens (primary N) is 1. The van der Waals surface area contributed by atoms with Crippen molar-refractivity contribution >= 4 is 5.69 Å². The van der Waals surface area contributed by atoms with Crippen LogP contribution in [0, 0.1) is 0 Å². The van der Waals surface area contributed by atoms with Crippen LogP contribution in [-0.4, -0.2) is 0 Å². The van der Waals surface area contributed by atoms with Crippen LogP contribution in [0.1, 0.15) is 0 Å². The van der Waals surface area contributed by atoms with Crippen molar-refractivity contribution in [3.05, 3.63) is 37.1 Å². The van der Waals surface area contributed by atoms with Gasteiger partial charge in [-0.05, 0) is 12.1 Å². The molecule has 0 radical (unpaired) electrons. The minimum absolute atomic E-state index is 0.627. The molecule has 0 aromatic heterocycles. The highest BCUT2D eigenvalue weighted by molar-refractivity contribution is 5.51. The SMILES string of the molecule is C=COc1ccccc1N. The van der Waals surface area contributed by atoms with Crippen LogP contribution < -0.4 is 10.5 Å². The molecule has 1 aromatic carbocycles. The standard InChI is InChI=1S/C8H9NO/c1-2-10-8-6-4-3-5-7(8)9/h2-6H,1,9H2. The normalized spacial score (nSPS) is 8.80. The van der Waals surface area contributed by atoms with E-state index >= 15 is 0 Å². The molecular weight excluding hydrogens is 126 g/mol. The second-order valence-corrected chi connectivity index (χ2v) is 1.82. The Hall–Kier alpha value is -1.44. The van der Waals surface area contributed by atoms with Crippen molar-refractivity contribution < 1.29 is 4.74 Å². The number of anilines is 1. The van der Waals surface area contributed by atoms with Crippen LogP contribution in [0.3, 0.4) is 0 Å². The van der Waals surface area contributed by atoms with Crippen LogP contribution in [-0.2, 0) is 0 Å². The van der Waals surface area contributed by atoms with Gasteiger partial charge in [0.2, 0.25) is 0 Å². The molecule has 0 heterocycles. The molecule has 0 saturated heterocycles. The first-order chi connectivity index (χ1) is 4.84. The molecule has 1 aromatic rings. The van der Waals surface area contributed by atoms with E-state index in [0.29, 0.717) is 11.4 Å². The Morgan fingerprint density at radius 1 is 1.40 bits per heavy atom. The topological polar surface area (TPSA) is 35.2 Å². The van der Waals surface area contributed by atoms with Gasteiger partial charge in [-0.3, -0.25) is 0 Å². The predicted molar refractivity (Wildman–Crippen MR) is 41.7 cm³/mol. The molecule has 0 spiro atoms. The Labute approximate surface area is 59.9 Å². The number of hydrogen-bond donors (Lipinski definition) is 1. The molecule has 0 aliphatic heterocycles. The number of nitrogen functional groups attached to an aromatic ring is 1. The maximum absolute atomic E-state index is 5.53. The molecule has 0 unspecified atom stereocenters. The average molecular weight is 135 g/mol. The zero-order valence-corrected chi connectivity index (χ0v) is 5.58. The van der Waals surface area contributed by atoms with Gasteiger partial charge in [0, 0.05) is 0 Å². The minimum atomic E-state index is 0.627. The molecule has 0 amide bonds. The zero-order valence-electron chi connectivity index (χ0n) is 5.58. The lowest BCUT2D eigenvalue weighted by molar-refractivity contribution is 0.486. The summed E-state index contributed by atoms with van der Waals surface area (Å²) in [6.45, 7) is 3.42. The van der Waals surface area contributed by atoms with E-state index in [0.717, 1.165) is 0 Å². The van der Waals surface area contributed by atoms with Crippen molar-refractivity contribution in [2.45, 2.75) is 0 Å². The van der Waals surface area contributed by atoms with Gasteiger partial charge in [-0.2, -0.15) is 0 Å². The number of hydrogen-bond acceptors (Lipinski definition) is 2. The molecule has 0 atom stereocenters. The molecule has 0 aliphatic carbocycles. The monoisotopic (exact) mass is 135 g/mol. The summed E-state index contributed by atoms with van der Waals surface area (Å²) < 4.78 is 4.98. The van der Waals surface area contributed by atoms with Gasteiger partial charge in [0.25, 0.3) is 0 Å². The Balaban J connectivity index is 2.91. The number of ether oxygens (including phenoxy) is 1. The molecule has 2 nitrogen and oxygen atoms in total. The minimum Gasteiger partial charge on any atom is -0.463 e. The summed E-state index contributed by atoms with van der Waals surface area (Å²) >= 11 is 0. The summed E-state index contributed by atoms with van der Waals surface area (Å²) in [7, 11) is 0. The maximum Gasteiger partial charge on any atom is 0.149 e. The number of benzene rings is 1. The first-order valence-electron chi connectivity index (χ1n) is 2.96. The first-order valence-corrected chi connectivity index (χ1v) is 2.96. The lowest BCUT2D eigenvalue weighted by Gasteiger charge is -2.01. The van der Waals surface area contributed by atoms with Gasteiger partial charge < -0.3 is 10.5 Å².